The van der Waals surface area contributed by atoms with E-state index in [9.17, 15) is 14.4 Å². The van der Waals surface area contributed by atoms with Crippen LogP contribution in [0.4, 0.5) is 5.95 Å². The second kappa shape index (κ2) is 7.98. The van der Waals surface area contributed by atoms with Gasteiger partial charge in [-0.3, -0.25) is 19.3 Å². The van der Waals surface area contributed by atoms with Crippen LogP contribution >= 0.6 is 0 Å². The predicted octanol–water partition coefficient (Wildman–Crippen LogP) is 2.32. The van der Waals surface area contributed by atoms with Gasteiger partial charge in [0, 0.05) is 0 Å². The molecule has 2 aromatic carbocycles. The SMILES string of the molecule is CCOC(=O)[C@@H]1C(=O)N(CC(=O)OC)c2nc3ccccc3n2[C@@H]1c1ccccc1. The molecule has 154 valence electrons. The Balaban J connectivity index is 1.99. The molecule has 1 aliphatic heterocycles. The van der Waals surface area contributed by atoms with Crippen LogP contribution in [0.5, 0.6) is 0 Å². The van der Waals surface area contributed by atoms with Crippen molar-refractivity contribution in [1.82, 2.24) is 9.55 Å². The van der Waals surface area contributed by atoms with Crippen molar-refractivity contribution in [3.63, 3.8) is 0 Å². The highest BCUT2D eigenvalue weighted by Gasteiger charge is 2.48. The summed E-state index contributed by atoms with van der Waals surface area (Å²) < 4.78 is 11.8. The average molecular weight is 407 g/mol. The number of fused-ring (bicyclic) bond motifs is 3. The molecule has 0 N–H and O–H groups in total. The van der Waals surface area contributed by atoms with Crippen molar-refractivity contribution in [1.29, 1.82) is 0 Å². The fraction of sp³-hybridized carbons (Fsp3) is 0.273. The van der Waals surface area contributed by atoms with Crippen molar-refractivity contribution in [2.75, 3.05) is 25.2 Å². The number of imidazole rings is 1. The molecule has 1 amide bonds. The van der Waals surface area contributed by atoms with Crippen LogP contribution in [-0.4, -0.2) is 47.7 Å². The number of aromatic nitrogens is 2. The van der Waals surface area contributed by atoms with Crippen molar-refractivity contribution in [2.24, 2.45) is 5.92 Å². The number of hydrogen-bond acceptors (Lipinski definition) is 6. The molecule has 3 aromatic rings. The first-order valence-corrected chi connectivity index (χ1v) is 9.63. The Morgan fingerprint density at radius 2 is 1.77 bits per heavy atom. The summed E-state index contributed by atoms with van der Waals surface area (Å²) in [5, 5.41) is 0. The number of esters is 2. The van der Waals surface area contributed by atoms with Crippen molar-refractivity contribution in [2.45, 2.75) is 13.0 Å². The second-order valence-corrected chi connectivity index (χ2v) is 6.86. The number of ether oxygens (including phenoxy) is 2. The Morgan fingerprint density at radius 3 is 2.47 bits per heavy atom. The quantitative estimate of drug-likeness (QED) is 0.476. The molecule has 2 heterocycles. The van der Waals surface area contributed by atoms with E-state index in [0.717, 1.165) is 11.1 Å². The monoisotopic (exact) mass is 407 g/mol. The molecule has 1 aliphatic rings. The third kappa shape index (κ3) is 3.20. The van der Waals surface area contributed by atoms with Gasteiger partial charge in [0.15, 0.2) is 5.92 Å². The van der Waals surface area contributed by atoms with Gasteiger partial charge in [0.25, 0.3) is 0 Å². The number of amides is 1. The Labute approximate surface area is 173 Å². The van der Waals surface area contributed by atoms with Gasteiger partial charge < -0.3 is 14.0 Å². The minimum Gasteiger partial charge on any atom is -0.468 e. The van der Waals surface area contributed by atoms with Gasteiger partial charge in [0.1, 0.15) is 6.54 Å². The minimum absolute atomic E-state index is 0.138. The van der Waals surface area contributed by atoms with Gasteiger partial charge in [-0.05, 0) is 24.6 Å². The van der Waals surface area contributed by atoms with Gasteiger partial charge in [0.05, 0.1) is 30.8 Å². The summed E-state index contributed by atoms with van der Waals surface area (Å²) in [4.78, 5) is 44.3. The lowest BCUT2D eigenvalue weighted by Gasteiger charge is -2.37. The third-order valence-electron chi connectivity index (χ3n) is 5.14. The molecule has 0 radical (unpaired) electrons. The fourth-order valence-electron chi connectivity index (χ4n) is 3.84. The van der Waals surface area contributed by atoms with Crippen LogP contribution < -0.4 is 4.90 Å². The van der Waals surface area contributed by atoms with E-state index < -0.39 is 29.8 Å². The average Bonchev–Trinajstić information content (AvgIpc) is 3.15. The zero-order valence-corrected chi connectivity index (χ0v) is 16.6. The molecule has 0 saturated heterocycles. The summed E-state index contributed by atoms with van der Waals surface area (Å²) in [7, 11) is 1.25. The molecule has 0 aliphatic carbocycles. The van der Waals surface area contributed by atoms with Crippen LogP contribution in [-0.2, 0) is 23.9 Å². The van der Waals surface area contributed by atoms with E-state index in [2.05, 4.69) is 4.98 Å². The summed E-state index contributed by atoms with van der Waals surface area (Å²) >= 11 is 0. The molecule has 2 atom stereocenters. The van der Waals surface area contributed by atoms with E-state index in [1.165, 1.54) is 12.0 Å². The van der Waals surface area contributed by atoms with Crippen molar-refractivity contribution < 1.29 is 23.9 Å². The van der Waals surface area contributed by atoms with Crippen LogP contribution in [0.1, 0.15) is 18.5 Å². The summed E-state index contributed by atoms with van der Waals surface area (Å²) in [6.45, 7) is 1.47. The Bertz CT molecular complexity index is 1110. The van der Waals surface area contributed by atoms with Crippen molar-refractivity contribution >= 4 is 34.8 Å². The topological polar surface area (TPSA) is 90.7 Å². The number of anilines is 1. The number of nitrogens with zero attached hydrogens (tertiary/aromatic N) is 3. The van der Waals surface area contributed by atoms with E-state index in [4.69, 9.17) is 9.47 Å². The zero-order chi connectivity index (χ0) is 21.3. The van der Waals surface area contributed by atoms with E-state index in [0.29, 0.717) is 11.5 Å². The van der Waals surface area contributed by atoms with Gasteiger partial charge in [-0.1, -0.05) is 42.5 Å². The number of para-hydroxylation sites is 2. The maximum Gasteiger partial charge on any atom is 0.325 e. The zero-order valence-electron chi connectivity index (χ0n) is 16.6. The van der Waals surface area contributed by atoms with Crippen LogP contribution in [0.15, 0.2) is 54.6 Å². The smallest absolute Gasteiger partial charge is 0.325 e. The number of hydrogen-bond donors (Lipinski definition) is 0. The van der Waals surface area contributed by atoms with Crippen LogP contribution in [0.2, 0.25) is 0 Å². The molecule has 8 heteroatoms. The van der Waals surface area contributed by atoms with E-state index in [1.54, 1.807) is 6.92 Å². The number of methoxy groups -OCH3 is 1. The largest absolute Gasteiger partial charge is 0.468 e. The second-order valence-electron chi connectivity index (χ2n) is 6.86. The van der Waals surface area contributed by atoms with Crippen molar-refractivity contribution in [3.8, 4) is 0 Å². The highest BCUT2D eigenvalue weighted by atomic mass is 16.5. The first-order valence-electron chi connectivity index (χ1n) is 9.63. The molecule has 0 spiro atoms. The maximum absolute atomic E-state index is 13.5. The van der Waals surface area contributed by atoms with Crippen LogP contribution in [0, 0.1) is 5.92 Å². The molecule has 0 saturated carbocycles. The normalized spacial score (nSPS) is 18.2. The summed E-state index contributed by atoms with van der Waals surface area (Å²) in [5.74, 6) is -2.67. The maximum atomic E-state index is 13.5. The Hall–Kier alpha value is -3.68. The lowest BCUT2D eigenvalue weighted by atomic mass is 9.89. The summed E-state index contributed by atoms with van der Waals surface area (Å²) in [5.41, 5.74) is 2.17. The molecule has 0 unspecified atom stereocenters. The van der Waals surface area contributed by atoms with Gasteiger partial charge in [-0.15, -0.1) is 0 Å². The number of benzene rings is 2. The molecule has 8 nitrogen and oxygen atoms in total. The lowest BCUT2D eigenvalue weighted by molar-refractivity contribution is -0.154. The van der Waals surface area contributed by atoms with Gasteiger partial charge in [-0.2, -0.15) is 0 Å². The van der Waals surface area contributed by atoms with E-state index in [1.807, 2.05) is 59.2 Å². The van der Waals surface area contributed by atoms with Crippen molar-refractivity contribution in [3.05, 3.63) is 60.2 Å². The molecule has 0 bridgehead atoms. The molecule has 0 fully saturated rings. The van der Waals surface area contributed by atoms with E-state index in [-0.39, 0.29) is 13.2 Å². The van der Waals surface area contributed by atoms with Gasteiger partial charge in [-0.25, -0.2) is 4.98 Å². The molecular formula is C22H21N3O5. The highest BCUT2D eigenvalue weighted by Crippen LogP contribution is 2.41. The number of carbonyl (C=O) groups excluding carboxylic acids is 3. The standard InChI is InChI=1S/C22H21N3O5/c1-3-30-21(28)18-19(14-9-5-4-6-10-14)25-16-12-8-7-11-15(16)23-22(25)24(20(18)27)13-17(26)29-2/h4-12,18-19H,3,13H2,1-2H3/t18-,19+/m0/s1. The van der Waals surface area contributed by atoms with Crippen LogP contribution in [0.25, 0.3) is 11.0 Å². The van der Waals surface area contributed by atoms with Gasteiger partial charge >= 0.3 is 11.9 Å². The third-order valence-corrected chi connectivity index (χ3v) is 5.14. The van der Waals surface area contributed by atoms with Gasteiger partial charge in [0.2, 0.25) is 11.9 Å². The lowest BCUT2D eigenvalue weighted by Crippen LogP contribution is -2.51. The number of carbonyl (C=O) groups is 3. The fourth-order valence-corrected chi connectivity index (χ4v) is 3.84. The molecule has 30 heavy (non-hydrogen) atoms. The Kier molecular flexibility index (Phi) is 5.22. The first kappa shape index (κ1) is 19.6. The number of rotatable bonds is 5. The molecular weight excluding hydrogens is 386 g/mol. The minimum atomic E-state index is -1.16. The first-order chi connectivity index (χ1) is 14.6. The summed E-state index contributed by atoms with van der Waals surface area (Å²) in [6, 6.07) is 16.0. The predicted molar refractivity (Wildman–Crippen MR) is 109 cm³/mol. The Morgan fingerprint density at radius 1 is 1.07 bits per heavy atom. The van der Waals surface area contributed by atoms with E-state index >= 15 is 0 Å². The molecule has 4 rings (SSSR count). The highest BCUT2D eigenvalue weighted by molar-refractivity contribution is 6.10. The van der Waals surface area contributed by atoms with Crippen LogP contribution in [0.3, 0.4) is 0 Å². The molecule has 1 aromatic heterocycles. The summed E-state index contributed by atoms with van der Waals surface area (Å²) in [6.07, 6.45) is 0.